The van der Waals surface area contributed by atoms with Gasteiger partial charge < -0.3 is 10.1 Å². The van der Waals surface area contributed by atoms with Gasteiger partial charge in [0.25, 0.3) is 0 Å². The van der Waals surface area contributed by atoms with Gasteiger partial charge in [-0.05, 0) is 61.5 Å². The first-order chi connectivity index (χ1) is 16.4. The summed E-state index contributed by atoms with van der Waals surface area (Å²) >= 11 is 19.6. The molecule has 0 atom stereocenters. The maximum atomic E-state index is 12.6. The number of nitrogens with one attached hydrogen (secondary N) is 1. The van der Waals surface area contributed by atoms with Crippen LogP contribution in [0.15, 0.2) is 71.9 Å². The van der Waals surface area contributed by atoms with Crippen LogP contribution in [0.3, 0.4) is 0 Å². The second-order valence-corrected chi connectivity index (χ2v) is 9.26. The van der Waals surface area contributed by atoms with Crippen LogP contribution in [0.2, 0.25) is 15.1 Å². The van der Waals surface area contributed by atoms with Gasteiger partial charge in [-0.15, -0.1) is 10.2 Å². The molecule has 0 aliphatic heterocycles. The van der Waals surface area contributed by atoms with Gasteiger partial charge in [-0.2, -0.15) is 0 Å². The molecule has 0 saturated heterocycles. The first-order valence-electron chi connectivity index (χ1n) is 10.3. The number of aromatic nitrogens is 3. The minimum atomic E-state index is -0.250. The molecule has 4 aromatic rings. The van der Waals surface area contributed by atoms with Gasteiger partial charge in [-0.1, -0.05) is 58.7 Å². The van der Waals surface area contributed by atoms with Crippen LogP contribution in [0, 0.1) is 0 Å². The molecule has 0 bridgehead atoms. The molecule has 0 aliphatic carbocycles. The monoisotopic (exact) mass is 532 g/mol. The van der Waals surface area contributed by atoms with E-state index >= 15 is 0 Å². The Hall–Kier alpha value is -2.71. The summed E-state index contributed by atoms with van der Waals surface area (Å²) in [6.45, 7) is 2.51. The number of amides is 1. The zero-order chi connectivity index (χ0) is 24.1. The average molecular weight is 534 g/mol. The summed E-state index contributed by atoms with van der Waals surface area (Å²) in [7, 11) is 0. The third-order valence-corrected chi connectivity index (χ3v) is 6.39. The summed E-state index contributed by atoms with van der Waals surface area (Å²) < 4.78 is 7.44. The van der Waals surface area contributed by atoms with Crippen LogP contribution in [-0.2, 0) is 4.79 Å². The molecule has 1 aromatic heterocycles. The van der Waals surface area contributed by atoms with Crippen molar-refractivity contribution in [3.63, 3.8) is 0 Å². The van der Waals surface area contributed by atoms with Crippen LogP contribution in [0.1, 0.15) is 6.92 Å². The fraction of sp³-hybridized carbons (Fsp3) is 0.125. The summed E-state index contributed by atoms with van der Waals surface area (Å²) in [6.07, 6.45) is 0. The summed E-state index contributed by atoms with van der Waals surface area (Å²) in [6, 6.07) is 19.8. The standard InChI is InChI=1S/C24H19Cl3N4O2S/c1-2-33-19-9-7-18(8-10-19)31-23(15-4-3-5-16(25)12-15)29-30-24(31)34-14-22(32)28-21-13-17(26)6-11-20(21)27/h3-13H,2,14H2,1H3,(H,28,32). The fourth-order valence-electron chi connectivity index (χ4n) is 3.18. The molecule has 10 heteroatoms. The van der Waals surface area contributed by atoms with Crippen molar-refractivity contribution in [3.05, 3.63) is 81.8 Å². The molecule has 1 N–H and O–H groups in total. The van der Waals surface area contributed by atoms with Gasteiger partial charge in [0, 0.05) is 21.3 Å². The topological polar surface area (TPSA) is 69.0 Å². The highest BCUT2D eigenvalue weighted by molar-refractivity contribution is 7.99. The molecule has 6 nitrogen and oxygen atoms in total. The average Bonchev–Trinajstić information content (AvgIpc) is 3.25. The molecule has 0 unspecified atom stereocenters. The molecule has 0 spiro atoms. The first-order valence-corrected chi connectivity index (χ1v) is 12.4. The maximum Gasteiger partial charge on any atom is 0.234 e. The Balaban J connectivity index is 1.61. The predicted molar refractivity (Wildman–Crippen MR) is 139 cm³/mol. The number of thioether (sulfide) groups is 1. The molecule has 4 rings (SSSR count). The highest BCUT2D eigenvalue weighted by atomic mass is 35.5. The largest absolute Gasteiger partial charge is 0.494 e. The van der Waals surface area contributed by atoms with E-state index in [1.54, 1.807) is 24.3 Å². The van der Waals surface area contributed by atoms with Gasteiger partial charge in [-0.25, -0.2) is 0 Å². The van der Waals surface area contributed by atoms with Crippen molar-refractivity contribution in [2.75, 3.05) is 17.7 Å². The predicted octanol–water partition coefficient (Wildman–Crippen LogP) is 7.02. The van der Waals surface area contributed by atoms with Crippen LogP contribution < -0.4 is 10.1 Å². The van der Waals surface area contributed by atoms with E-state index in [2.05, 4.69) is 15.5 Å². The number of hydrogen-bond donors (Lipinski definition) is 1. The minimum Gasteiger partial charge on any atom is -0.494 e. The number of anilines is 1. The third-order valence-electron chi connectivity index (χ3n) is 4.66. The normalized spacial score (nSPS) is 10.8. The molecule has 0 aliphatic rings. The van der Waals surface area contributed by atoms with Crippen molar-refractivity contribution in [1.82, 2.24) is 14.8 Å². The van der Waals surface area contributed by atoms with E-state index in [9.17, 15) is 4.79 Å². The molecule has 1 amide bonds. The van der Waals surface area contributed by atoms with Gasteiger partial charge in [0.1, 0.15) is 5.75 Å². The molecule has 34 heavy (non-hydrogen) atoms. The molecular formula is C24H19Cl3N4O2S. The van der Waals surface area contributed by atoms with Gasteiger partial charge in [0.05, 0.1) is 23.1 Å². The molecule has 0 fully saturated rings. The van der Waals surface area contributed by atoms with Gasteiger partial charge in [-0.3, -0.25) is 9.36 Å². The zero-order valence-corrected chi connectivity index (χ0v) is 21.0. The van der Waals surface area contributed by atoms with Gasteiger partial charge in [0.15, 0.2) is 11.0 Å². The SMILES string of the molecule is CCOc1ccc(-n2c(SCC(=O)Nc3cc(Cl)ccc3Cl)nnc2-c2cccc(Cl)c2)cc1. The Labute approximate surface area is 216 Å². The van der Waals surface area contributed by atoms with Crippen molar-refractivity contribution in [3.8, 4) is 22.8 Å². The van der Waals surface area contributed by atoms with Crippen molar-refractivity contribution in [2.24, 2.45) is 0 Å². The number of halogens is 3. The third kappa shape index (κ3) is 5.85. The highest BCUT2D eigenvalue weighted by Crippen LogP contribution is 2.31. The highest BCUT2D eigenvalue weighted by Gasteiger charge is 2.18. The molecule has 3 aromatic carbocycles. The van der Waals surface area contributed by atoms with Crippen LogP contribution in [0.25, 0.3) is 17.1 Å². The Morgan fingerprint density at radius 2 is 1.76 bits per heavy atom. The minimum absolute atomic E-state index is 0.0908. The Morgan fingerprint density at radius 3 is 2.50 bits per heavy atom. The smallest absolute Gasteiger partial charge is 0.234 e. The van der Waals surface area contributed by atoms with E-state index in [1.165, 1.54) is 11.8 Å². The maximum absolute atomic E-state index is 12.6. The van der Waals surface area contributed by atoms with Crippen LogP contribution in [-0.4, -0.2) is 33.0 Å². The summed E-state index contributed by atoms with van der Waals surface area (Å²) in [5.41, 5.74) is 2.08. The quantitative estimate of drug-likeness (QED) is 0.246. The van der Waals surface area contributed by atoms with Gasteiger partial charge in [0.2, 0.25) is 5.91 Å². The number of benzene rings is 3. The molecule has 0 saturated carbocycles. The lowest BCUT2D eigenvalue weighted by molar-refractivity contribution is -0.113. The number of nitrogens with zero attached hydrogens (tertiary/aromatic N) is 3. The molecule has 174 valence electrons. The lowest BCUT2D eigenvalue weighted by Gasteiger charge is -2.12. The van der Waals surface area contributed by atoms with E-state index in [-0.39, 0.29) is 11.7 Å². The lowest BCUT2D eigenvalue weighted by Crippen LogP contribution is -2.15. The molecular weight excluding hydrogens is 515 g/mol. The number of carbonyl (C=O) groups excluding carboxylic acids is 1. The van der Waals surface area contributed by atoms with Crippen molar-refractivity contribution < 1.29 is 9.53 Å². The van der Waals surface area contributed by atoms with Gasteiger partial charge >= 0.3 is 0 Å². The Bertz CT molecular complexity index is 1310. The van der Waals surface area contributed by atoms with E-state index < -0.39 is 0 Å². The van der Waals surface area contributed by atoms with Crippen molar-refractivity contribution in [2.45, 2.75) is 12.1 Å². The number of hydrogen-bond acceptors (Lipinski definition) is 5. The van der Waals surface area contributed by atoms with E-state index in [0.717, 1.165) is 17.0 Å². The van der Waals surface area contributed by atoms with Crippen molar-refractivity contribution >= 4 is 58.2 Å². The number of ether oxygens (including phenoxy) is 1. The zero-order valence-electron chi connectivity index (χ0n) is 18.0. The lowest BCUT2D eigenvalue weighted by atomic mass is 10.2. The van der Waals surface area contributed by atoms with Crippen molar-refractivity contribution in [1.29, 1.82) is 0 Å². The summed E-state index contributed by atoms with van der Waals surface area (Å²) in [4.78, 5) is 12.6. The first kappa shape index (κ1) is 24.4. The molecule has 1 heterocycles. The van der Waals surface area contributed by atoms with Crippen LogP contribution in [0.4, 0.5) is 5.69 Å². The van der Waals surface area contributed by atoms with E-state index in [1.807, 2.05) is 54.0 Å². The van der Waals surface area contributed by atoms with E-state index in [0.29, 0.717) is 38.3 Å². The summed E-state index contributed by atoms with van der Waals surface area (Å²) in [5, 5.41) is 13.5. The molecule has 0 radical (unpaired) electrons. The number of carbonyl (C=O) groups is 1. The second-order valence-electron chi connectivity index (χ2n) is 7.04. The Kier molecular flexibility index (Phi) is 8.00. The van der Waals surface area contributed by atoms with Crippen LogP contribution >= 0.6 is 46.6 Å². The number of rotatable bonds is 8. The van der Waals surface area contributed by atoms with Crippen LogP contribution in [0.5, 0.6) is 5.75 Å². The van der Waals surface area contributed by atoms with E-state index in [4.69, 9.17) is 39.5 Å². The summed E-state index contributed by atoms with van der Waals surface area (Å²) in [5.74, 6) is 1.20. The Morgan fingerprint density at radius 1 is 1.00 bits per heavy atom. The fourth-order valence-corrected chi connectivity index (χ4v) is 4.46. The second kappa shape index (κ2) is 11.1.